The molecule has 5 heteroatoms. The third-order valence-electron chi connectivity index (χ3n) is 3.11. The van der Waals surface area contributed by atoms with Crippen LogP contribution in [0.15, 0.2) is 6.33 Å². The fourth-order valence-corrected chi connectivity index (χ4v) is 2.06. The van der Waals surface area contributed by atoms with Crippen molar-refractivity contribution in [3.05, 3.63) is 12.0 Å². The van der Waals surface area contributed by atoms with Crippen LogP contribution in [0.5, 0.6) is 0 Å². The van der Waals surface area contributed by atoms with Crippen molar-refractivity contribution in [2.24, 2.45) is 0 Å². The third-order valence-corrected chi connectivity index (χ3v) is 3.11. The minimum atomic E-state index is 0.510. The number of hydrogen-bond donors (Lipinski definition) is 1. The van der Waals surface area contributed by atoms with E-state index in [1.165, 1.54) is 25.6 Å². The third kappa shape index (κ3) is 1.85. The molecule has 1 fully saturated rings. The molecule has 0 spiro atoms. The van der Waals surface area contributed by atoms with Crippen LogP contribution in [0, 0.1) is 6.92 Å². The summed E-state index contributed by atoms with van der Waals surface area (Å²) in [5.41, 5.74) is 7.63. The molecule has 0 amide bonds. The zero-order valence-electron chi connectivity index (χ0n) is 10.6. The van der Waals surface area contributed by atoms with Gasteiger partial charge in [-0.05, 0) is 26.2 Å². The summed E-state index contributed by atoms with van der Waals surface area (Å²) in [4.78, 5) is 8.27. The Hall–Kier alpha value is -1.65. The lowest BCUT2D eigenvalue weighted by molar-refractivity contribution is 0.295. The fraction of sp³-hybridized carbons (Fsp3) is 0.583. The first kappa shape index (κ1) is 11.8. The quantitative estimate of drug-likeness (QED) is 0.821. The van der Waals surface area contributed by atoms with Gasteiger partial charge in [-0.2, -0.15) is 5.10 Å². The van der Waals surface area contributed by atoms with Crippen LogP contribution in [0.1, 0.15) is 44.8 Å². The summed E-state index contributed by atoms with van der Waals surface area (Å²) in [5, 5.41) is 5.41. The van der Waals surface area contributed by atoms with E-state index in [1.54, 1.807) is 0 Å². The molecular weight excluding hydrogens is 214 g/mol. The number of nitrogens with two attached hydrogens (primary N) is 1. The highest BCUT2D eigenvalue weighted by Crippen LogP contribution is 2.34. The molecule has 3 rings (SSSR count). The molecule has 0 aliphatic heterocycles. The van der Waals surface area contributed by atoms with Crippen LogP contribution >= 0.6 is 0 Å². The van der Waals surface area contributed by atoms with Gasteiger partial charge in [-0.15, -0.1) is 0 Å². The van der Waals surface area contributed by atoms with Crippen LogP contribution in [-0.4, -0.2) is 19.7 Å². The van der Waals surface area contributed by atoms with Crippen molar-refractivity contribution in [2.75, 3.05) is 5.73 Å². The predicted molar refractivity (Wildman–Crippen MR) is 68.7 cm³/mol. The summed E-state index contributed by atoms with van der Waals surface area (Å²) in [6, 6.07) is 0.510. The summed E-state index contributed by atoms with van der Waals surface area (Å²) in [6.07, 6.45) is 5.18. The van der Waals surface area contributed by atoms with Gasteiger partial charge < -0.3 is 5.73 Å². The first-order valence-corrected chi connectivity index (χ1v) is 6.22. The van der Waals surface area contributed by atoms with E-state index >= 15 is 0 Å². The molecule has 2 N–H and O–H groups in total. The van der Waals surface area contributed by atoms with Gasteiger partial charge in [-0.1, -0.05) is 13.8 Å². The Balaban J connectivity index is 0.000000514. The lowest BCUT2D eigenvalue weighted by Crippen LogP contribution is -2.18. The molecule has 0 radical (unpaired) electrons. The van der Waals surface area contributed by atoms with Crippen molar-refractivity contribution in [3.63, 3.8) is 0 Å². The standard InChI is InChI=1S/C10H13N5.C2H6/c1-6-8-9(11)12-5-13-10(8)15(14-6)7-3-2-4-7;1-2/h5,7H,2-4H2,1H3,(H2,11,12,13);1-2H3. The van der Waals surface area contributed by atoms with Gasteiger partial charge in [-0.3, -0.25) is 0 Å². The van der Waals surface area contributed by atoms with Gasteiger partial charge in [0, 0.05) is 0 Å². The predicted octanol–water partition coefficient (Wildman–Crippen LogP) is 2.47. The van der Waals surface area contributed by atoms with Gasteiger partial charge in [0.25, 0.3) is 0 Å². The van der Waals surface area contributed by atoms with Crippen molar-refractivity contribution in [1.82, 2.24) is 19.7 Å². The first-order chi connectivity index (χ1) is 8.27. The van der Waals surface area contributed by atoms with E-state index in [-0.39, 0.29) is 0 Å². The Morgan fingerprint density at radius 3 is 2.59 bits per heavy atom. The molecule has 0 saturated heterocycles. The zero-order valence-corrected chi connectivity index (χ0v) is 10.6. The van der Waals surface area contributed by atoms with Gasteiger partial charge >= 0.3 is 0 Å². The number of hydrogen-bond acceptors (Lipinski definition) is 4. The Kier molecular flexibility index (Phi) is 3.26. The summed E-state index contributed by atoms with van der Waals surface area (Å²) in [5.74, 6) is 0.531. The molecule has 5 nitrogen and oxygen atoms in total. The second-order valence-electron chi connectivity index (χ2n) is 4.07. The highest BCUT2D eigenvalue weighted by molar-refractivity contribution is 5.87. The average molecular weight is 233 g/mol. The highest BCUT2D eigenvalue weighted by atomic mass is 15.3. The van der Waals surface area contributed by atoms with E-state index in [2.05, 4.69) is 15.1 Å². The lowest BCUT2D eigenvalue weighted by atomic mass is 9.93. The summed E-state index contributed by atoms with van der Waals surface area (Å²) in [7, 11) is 0. The maximum Gasteiger partial charge on any atom is 0.163 e. The normalized spacial score (nSPS) is 15.2. The van der Waals surface area contributed by atoms with E-state index in [9.17, 15) is 0 Å². The highest BCUT2D eigenvalue weighted by Gasteiger charge is 2.24. The van der Waals surface area contributed by atoms with Gasteiger partial charge in [0.15, 0.2) is 5.65 Å². The first-order valence-electron chi connectivity index (χ1n) is 6.22. The molecule has 1 aliphatic rings. The van der Waals surface area contributed by atoms with Crippen LogP contribution < -0.4 is 5.73 Å². The van der Waals surface area contributed by atoms with Gasteiger partial charge in [0.1, 0.15) is 12.1 Å². The number of nitrogens with zero attached hydrogens (tertiary/aromatic N) is 4. The number of anilines is 1. The minimum Gasteiger partial charge on any atom is -0.383 e. The van der Waals surface area contributed by atoms with Crippen LogP contribution in [0.3, 0.4) is 0 Å². The Labute approximate surface area is 101 Å². The topological polar surface area (TPSA) is 69.6 Å². The van der Waals surface area contributed by atoms with Crippen LogP contribution in [0.4, 0.5) is 5.82 Å². The number of rotatable bonds is 1. The molecule has 2 heterocycles. The van der Waals surface area contributed by atoms with Crippen molar-refractivity contribution in [1.29, 1.82) is 0 Å². The van der Waals surface area contributed by atoms with E-state index in [0.29, 0.717) is 11.9 Å². The van der Waals surface area contributed by atoms with Gasteiger partial charge in [0.2, 0.25) is 0 Å². The van der Waals surface area contributed by atoms with Gasteiger partial charge in [-0.25, -0.2) is 14.6 Å². The Morgan fingerprint density at radius 1 is 1.29 bits per heavy atom. The monoisotopic (exact) mass is 233 g/mol. The number of aromatic nitrogens is 4. The summed E-state index contributed by atoms with van der Waals surface area (Å²) >= 11 is 0. The van der Waals surface area contributed by atoms with Crippen molar-refractivity contribution < 1.29 is 0 Å². The lowest BCUT2D eigenvalue weighted by Gasteiger charge is -2.25. The molecule has 1 saturated carbocycles. The number of aryl methyl sites for hydroxylation is 1. The Bertz CT molecular complexity index is 513. The van der Waals surface area contributed by atoms with E-state index in [1.807, 2.05) is 25.5 Å². The molecular formula is C12H19N5. The minimum absolute atomic E-state index is 0.510. The fourth-order valence-electron chi connectivity index (χ4n) is 2.06. The van der Waals surface area contributed by atoms with Crippen LogP contribution in [0.2, 0.25) is 0 Å². The maximum atomic E-state index is 5.83. The molecule has 0 atom stereocenters. The molecule has 2 aromatic rings. The largest absolute Gasteiger partial charge is 0.383 e. The van der Waals surface area contributed by atoms with Gasteiger partial charge in [0.05, 0.1) is 17.1 Å². The molecule has 92 valence electrons. The van der Waals surface area contributed by atoms with E-state index < -0.39 is 0 Å². The Morgan fingerprint density at radius 2 is 2.00 bits per heavy atom. The second-order valence-corrected chi connectivity index (χ2v) is 4.07. The molecule has 0 unspecified atom stereocenters. The van der Waals surface area contributed by atoms with Crippen LogP contribution in [0.25, 0.3) is 11.0 Å². The zero-order chi connectivity index (χ0) is 12.4. The smallest absolute Gasteiger partial charge is 0.163 e. The summed E-state index contributed by atoms with van der Waals surface area (Å²) < 4.78 is 2.01. The maximum absolute atomic E-state index is 5.83. The molecule has 0 bridgehead atoms. The molecule has 0 aromatic carbocycles. The second kappa shape index (κ2) is 4.69. The summed E-state index contributed by atoms with van der Waals surface area (Å²) in [6.45, 7) is 5.96. The van der Waals surface area contributed by atoms with Crippen molar-refractivity contribution >= 4 is 16.9 Å². The molecule has 17 heavy (non-hydrogen) atoms. The van der Waals surface area contributed by atoms with E-state index in [4.69, 9.17) is 5.73 Å². The molecule has 2 aromatic heterocycles. The van der Waals surface area contributed by atoms with Crippen LogP contribution in [-0.2, 0) is 0 Å². The van der Waals surface area contributed by atoms with E-state index in [0.717, 1.165) is 16.7 Å². The van der Waals surface area contributed by atoms with Crippen molar-refractivity contribution in [3.8, 4) is 0 Å². The number of fused-ring (bicyclic) bond motifs is 1. The average Bonchev–Trinajstić information content (AvgIpc) is 2.58. The SMILES string of the molecule is CC.Cc1nn(C2CCC2)c2ncnc(N)c12. The van der Waals surface area contributed by atoms with Crippen molar-refractivity contribution in [2.45, 2.75) is 46.1 Å². The molecule has 1 aliphatic carbocycles. The number of nitrogen functional groups attached to an aromatic ring is 1.